The minimum atomic E-state index is -0.811. The molecule has 0 aliphatic heterocycles. The number of benzene rings is 3. The van der Waals surface area contributed by atoms with Gasteiger partial charge in [-0.25, -0.2) is 0 Å². The van der Waals surface area contributed by atoms with E-state index in [1.165, 1.54) is 18.2 Å². The predicted octanol–water partition coefficient (Wildman–Crippen LogP) is 4.38. The van der Waals surface area contributed by atoms with E-state index in [2.05, 4.69) is 10.9 Å². The smallest absolute Gasteiger partial charge is 0.279 e. The van der Waals surface area contributed by atoms with Crippen molar-refractivity contribution in [1.82, 2.24) is 10.9 Å². The highest BCUT2D eigenvalue weighted by molar-refractivity contribution is 6.35. The lowest BCUT2D eigenvalue weighted by Gasteiger charge is -2.15. The molecule has 1 unspecified atom stereocenters. The minimum absolute atomic E-state index is 0.232. The number of carbonyl (C=O) groups is 2. The second-order valence-corrected chi connectivity index (χ2v) is 6.74. The summed E-state index contributed by atoms with van der Waals surface area (Å²) < 4.78 is 5.65. The molecule has 0 radical (unpaired) electrons. The van der Waals surface area contributed by atoms with Gasteiger partial charge in [-0.1, -0.05) is 53.5 Å². The molecule has 2 N–H and O–H groups in total. The fourth-order valence-corrected chi connectivity index (χ4v) is 3.00. The number of halogens is 2. The third kappa shape index (κ3) is 4.90. The fourth-order valence-electron chi connectivity index (χ4n) is 2.48. The van der Waals surface area contributed by atoms with Crippen LogP contribution in [0.15, 0.2) is 60.7 Å². The van der Waals surface area contributed by atoms with Gasteiger partial charge in [-0.15, -0.1) is 0 Å². The third-order valence-corrected chi connectivity index (χ3v) is 4.26. The van der Waals surface area contributed by atoms with Crippen LogP contribution in [0.5, 0.6) is 5.75 Å². The topological polar surface area (TPSA) is 67.4 Å². The SMILES string of the molecule is CC(Oc1ccc2ccccc2c1)C(=O)NNC(=O)c1cc(Cl)cc(Cl)c1. The Balaban J connectivity index is 1.59. The van der Waals surface area contributed by atoms with Crippen LogP contribution in [-0.4, -0.2) is 17.9 Å². The van der Waals surface area contributed by atoms with E-state index in [1.54, 1.807) is 13.0 Å². The molecule has 0 spiro atoms. The van der Waals surface area contributed by atoms with Crippen molar-refractivity contribution in [2.45, 2.75) is 13.0 Å². The molecule has 0 saturated heterocycles. The number of ether oxygens (including phenoxy) is 1. The van der Waals surface area contributed by atoms with Gasteiger partial charge in [-0.3, -0.25) is 20.4 Å². The Bertz CT molecular complexity index is 987. The van der Waals surface area contributed by atoms with Crippen molar-refractivity contribution < 1.29 is 14.3 Å². The Hall–Kier alpha value is -2.76. The van der Waals surface area contributed by atoms with Crippen LogP contribution in [0.4, 0.5) is 0 Å². The number of fused-ring (bicyclic) bond motifs is 1. The van der Waals surface area contributed by atoms with E-state index >= 15 is 0 Å². The molecule has 138 valence electrons. The van der Waals surface area contributed by atoms with Crippen molar-refractivity contribution in [2.24, 2.45) is 0 Å². The van der Waals surface area contributed by atoms with Gasteiger partial charge in [0.05, 0.1) is 0 Å². The summed E-state index contributed by atoms with van der Waals surface area (Å²) in [5.74, 6) is -0.473. The molecule has 0 saturated carbocycles. The number of nitrogens with one attached hydrogen (secondary N) is 2. The lowest BCUT2D eigenvalue weighted by Crippen LogP contribution is -2.47. The van der Waals surface area contributed by atoms with Crippen molar-refractivity contribution >= 4 is 45.8 Å². The first kappa shape index (κ1) is 19.0. The summed E-state index contributed by atoms with van der Waals surface area (Å²) in [6.45, 7) is 1.59. The van der Waals surface area contributed by atoms with Gasteiger partial charge in [0, 0.05) is 15.6 Å². The Labute approximate surface area is 166 Å². The molecule has 27 heavy (non-hydrogen) atoms. The zero-order valence-corrected chi connectivity index (χ0v) is 15.8. The minimum Gasteiger partial charge on any atom is -0.481 e. The van der Waals surface area contributed by atoms with E-state index in [0.717, 1.165) is 10.8 Å². The van der Waals surface area contributed by atoms with Crippen LogP contribution in [0.1, 0.15) is 17.3 Å². The van der Waals surface area contributed by atoms with Crippen LogP contribution in [0.25, 0.3) is 10.8 Å². The Morgan fingerprint density at radius 2 is 1.56 bits per heavy atom. The number of hydrogen-bond donors (Lipinski definition) is 2. The van der Waals surface area contributed by atoms with E-state index in [0.29, 0.717) is 15.8 Å². The summed E-state index contributed by atoms with van der Waals surface area (Å²) in [5.41, 5.74) is 4.87. The van der Waals surface area contributed by atoms with Crippen molar-refractivity contribution in [2.75, 3.05) is 0 Å². The lowest BCUT2D eigenvalue weighted by molar-refractivity contribution is -0.128. The molecule has 0 fully saturated rings. The highest BCUT2D eigenvalue weighted by Crippen LogP contribution is 2.21. The van der Waals surface area contributed by atoms with Gasteiger partial charge in [0.2, 0.25) is 0 Å². The average Bonchev–Trinajstić information content (AvgIpc) is 2.64. The van der Waals surface area contributed by atoms with Gasteiger partial charge >= 0.3 is 0 Å². The molecule has 3 aromatic carbocycles. The maximum Gasteiger partial charge on any atom is 0.279 e. The van der Waals surface area contributed by atoms with Gasteiger partial charge in [-0.2, -0.15) is 0 Å². The van der Waals surface area contributed by atoms with Crippen molar-refractivity contribution in [3.63, 3.8) is 0 Å². The maximum atomic E-state index is 12.2. The molecular formula is C20H16Cl2N2O3. The van der Waals surface area contributed by atoms with Crippen LogP contribution in [-0.2, 0) is 4.79 Å². The van der Waals surface area contributed by atoms with Gasteiger partial charge in [0.1, 0.15) is 5.75 Å². The number of amides is 2. The first-order chi connectivity index (χ1) is 12.9. The molecule has 0 aromatic heterocycles. The highest BCUT2D eigenvalue weighted by Gasteiger charge is 2.16. The van der Waals surface area contributed by atoms with Crippen LogP contribution >= 0.6 is 23.2 Å². The van der Waals surface area contributed by atoms with Crippen molar-refractivity contribution in [3.05, 3.63) is 76.3 Å². The molecule has 3 rings (SSSR count). The van der Waals surface area contributed by atoms with E-state index in [4.69, 9.17) is 27.9 Å². The molecule has 0 aliphatic rings. The largest absolute Gasteiger partial charge is 0.481 e. The van der Waals surface area contributed by atoms with Crippen molar-refractivity contribution in [3.8, 4) is 5.75 Å². The Morgan fingerprint density at radius 3 is 2.26 bits per heavy atom. The van der Waals surface area contributed by atoms with Gasteiger partial charge in [0.25, 0.3) is 11.8 Å². The molecule has 5 nitrogen and oxygen atoms in total. The third-order valence-electron chi connectivity index (χ3n) is 3.83. The van der Waals surface area contributed by atoms with E-state index < -0.39 is 17.9 Å². The first-order valence-corrected chi connectivity index (χ1v) is 8.90. The number of hydrazine groups is 1. The fraction of sp³-hybridized carbons (Fsp3) is 0.100. The van der Waals surface area contributed by atoms with Gasteiger partial charge < -0.3 is 4.74 Å². The number of hydrogen-bond acceptors (Lipinski definition) is 3. The van der Waals surface area contributed by atoms with Crippen LogP contribution in [0.2, 0.25) is 10.0 Å². The molecular weight excluding hydrogens is 387 g/mol. The molecule has 0 bridgehead atoms. The zero-order valence-electron chi connectivity index (χ0n) is 14.3. The molecule has 1 atom stereocenters. The van der Waals surface area contributed by atoms with E-state index in [-0.39, 0.29) is 5.56 Å². The Kier molecular flexibility index (Phi) is 5.84. The first-order valence-electron chi connectivity index (χ1n) is 8.14. The molecule has 7 heteroatoms. The molecule has 0 aliphatic carbocycles. The monoisotopic (exact) mass is 402 g/mol. The summed E-state index contributed by atoms with van der Waals surface area (Å²) in [5, 5.41) is 2.74. The summed E-state index contributed by atoms with van der Waals surface area (Å²) in [6.07, 6.45) is -0.811. The number of carbonyl (C=O) groups excluding carboxylic acids is 2. The van der Waals surface area contributed by atoms with Gasteiger partial charge in [0.15, 0.2) is 6.10 Å². The van der Waals surface area contributed by atoms with Crippen molar-refractivity contribution in [1.29, 1.82) is 0 Å². The van der Waals surface area contributed by atoms with E-state index in [9.17, 15) is 9.59 Å². The van der Waals surface area contributed by atoms with E-state index in [1.807, 2.05) is 36.4 Å². The van der Waals surface area contributed by atoms with Crippen LogP contribution in [0, 0.1) is 0 Å². The summed E-state index contributed by atoms with van der Waals surface area (Å²) in [4.78, 5) is 24.3. The quantitative estimate of drug-likeness (QED) is 0.636. The second kappa shape index (κ2) is 8.29. The summed E-state index contributed by atoms with van der Waals surface area (Å²) in [7, 11) is 0. The molecule has 3 aromatic rings. The molecule has 0 heterocycles. The average molecular weight is 403 g/mol. The predicted molar refractivity (Wildman–Crippen MR) is 106 cm³/mol. The Morgan fingerprint density at radius 1 is 0.889 bits per heavy atom. The number of rotatable bonds is 4. The summed E-state index contributed by atoms with van der Waals surface area (Å²) >= 11 is 11.7. The maximum absolute atomic E-state index is 12.2. The standard InChI is InChI=1S/C20H16Cl2N2O3/c1-12(27-18-7-6-13-4-2-3-5-14(13)10-18)19(25)23-24-20(26)15-8-16(21)11-17(22)9-15/h2-12H,1H3,(H,23,25)(H,24,26). The second-order valence-electron chi connectivity index (χ2n) is 5.87. The van der Waals surface area contributed by atoms with Crippen LogP contribution < -0.4 is 15.6 Å². The lowest BCUT2D eigenvalue weighted by atomic mass is 10.1. The van der Waals surface area contributed by atoms with Gasteiger partial charge in [-0.05, 0) is 48.0 Å². The highest BCUT2D eigenvalue weighted by atomic mass is 35.5. The zero-order chi connectivity index (χ0) is 19.4. The normalized spacial score (nSPS) is 11.7. The summed E-state index contributed by atoms with van der Waals surface area (Å²) in [6, 6.07) is 17.8. The molecule has 2 amide bonds. The van der Waals surface area contributed by atoms with Crippen LogP contribution in [0.3, 0.4) is 0 Å².